The molecule has 9 heteroatoms. The van der Waals surface area contributed by atoms with Crippen molar-refractivity contribution in [3.05, 3.63) is 276 Å². The van der Waals surface area contributed by atoms with Gasteiger partial charge in [0.05, 0.1) is 119 Å². The second kappa shape index (κ2) is 16.3. The van der Waals surface area contributed by atoms with Crippen molar-refractivity contribution < 1.29 is 4.74 Å². The Morgan fingerprint density at radius 2 is 0.646 bits per heavy atom. The Morgan fingerprint density at radius 1 is 0.317 bits per heavy atom. The van der Waals surface area contributed by atoms with Gasteiger partial charge in [-0.1, -0.05) is 133 Å². The zero-order valence-electron chi connectivity index (χ0n) is 43.6. The van der Waals surface area contributed by atoms with Crippen LogP contribution >= 0.6 is 0 Å². The number of hydrogen-bond acceptors (Lipinski definition) is 5. The first-order chi connectivity index (χ1) is 40.6. The van der Waals surface area contributed by atoms with Crippen LogP contribution in [0.2, 0.25) is 0 Å². The number of rotatable bonds is 4. The quantitative estimate of drug-likeness (QED) is 0.175. The molecule has 0 N–H and O–H groups in total. The van der Waals surface area contributed by atoms with E-state index in [1.54, 1.807) is 0 Å². The molecule has 0 amide bonds. The van der Waals surface area contributed by atoms with Gasteiger partial charge in [-0.25, -0.2) is 0 Å². The molecule has 1 aliphatic carbocycles. The number of nitrogens with zero attached hydrogens (tertiary/aromatic N) is 8. The number of fused-ring (bicyclic) bond motifs is 21. The van der Waals surface area contributed by atoms with E-state index in [2.05, 4.69) is 237 Å². The minimum atomic E-state index is -1.12. The Balaban J connectivity index is 1.02. The SMILES string of the molecule is N#Cc1ccc2c(c1)c1ccccc1n2-c1cnc2c(c1)C1(c3cc(-n4c5ccccc5c5ccccc54)cnc3-2)c2cccc(-n3c4ccccc4c4ccccc43)c2Oc2c(-n3c4ccccc4c4cc(C#N)ccc43)cccc21. The van der Waals surface area contributed by atoms with E-state index in [0.29, 0.717) is 22.6 Å². The third-order valence-electron chi connectivity index (χ3n) is 17.5. The van der Waals surface area contributed by atoms with E-state index in [0.717, 1.165) is 144 Å². The Morgan fingerprint density at radius 3 is 1.02 bits per heavy atom. The summed E-state index contributed by atoms with van der Waals surface area (Å²) in [6.07, 6.45) is 3.99. The molecule has 378 valence electrons. The van der Waals surface area contributed by atoms with Crippen LogP contribution in [-0.2, 0) is 5.41 Å². The molecular formula is C73H40N8O. The Kier molecular flexibility index (Phi) is 8.83. The Labute approximate surface area is 467 Å². The van der Waals surface area contributed by atoms with Crippen LogP contribution in [0.3, 0.4) is 0 Å². The largest absolute Gasteiger partial charge is 0.452 e. The summed E-state index contributed by atoms with van der Waals surface area (Å²) in [5.74, 6) is 1.39. The van der Waals surface area contributed by atoms with E-state index in [1.165, 1.54) is 0 Å². The van der Waals surface area contributed by atoms with E-state index in [4.69, 9.17) is 14.7 Å². The number of benzene rings is 10. The molecule has 6 aromatic heterocycles. The van der Waals surface area contributed by atoms with E-state index in [1.807, 2.05) is 36.7 Å². The molecule has 16 aromatic rings. The van der Waals surface area contributed by atoms with Crippen LogP contribution in [0, 0.1) is 22.7 Å². The van der Waals surface area contributed by atoms with Crippen molar-refractivity contribution >= 4 is 87.2 Å². The highest BCUT2D eigenvalue weighted by Crippen LogP contribution is 2.64. The molecule has 1 unspecified atom stereocenters. The van der Waals surface area contributed by atoms with Crippen LogP contribution in [0.1, 0.15) is 33.4 Å². The molecular weight excluding hydrogens is 1000 g/mol. The number of hydrogen-bond donors (Lipinski definition) is 0. The summed E-state index contributed by atoms with van der Waals surface area (Å²) in [4.78, 5) is 11.2. The van der Waals surface area contributed by atoms with Gasteiger partial charge in [0, 0.05) is 65.3 Å². The summed E-state index contributed by atoms with van der Waals surface area (Å²) in [6.45, 7) is 0. The number of para-hydroxylation sites is 8. The van der Waals surface area contributed by atoms with Crippen LogP contribution < -0.4 is 4.74 Å². The second-order valence-electron chi connectivity index (χ2n) is 21.5. The molecule has 0 saturated carbocycles. The van der Waals surface area contributed by atoms with Crippen molar-refractivity contribution in [3.63, 3.8) is 0 Å². The van der Waals surface area contributed by atoms with Crippen LogP contribution in [-0.4, -0.2) is 28.2 Å². The smallest absolute Gasteiger partial charge is 0.156 e. The lowest BCUT2D eigenvalue weighted by Gasteiger charge is -2.40. The first-order valence-electron chi connectivity index (χ1n) is 27.4. The number of nitriles is 2. The average Bonchev–Trinajstić information content (AvgIpc) is 1.64. The molecule has 0 saturated heterocycles. The lowest BCUT2D eigenvalue weighted by molar-refractivity contribution is 0.433. The van der Waals surface area contributed by atoms with E-state index >= 15 is 0 Å². The molecule has 82 heavy (non-hydrogen) atoms. The van der Waals surface area contributed by atoms with Crippen LogP contribution in [0.15, 0.2) is 243 Å². The van der Waals surface area contributed by atoms with Gasteiger partial charge in [-0.2, -0.15) is 10.5 Å². The first-order valence-corrected chi connectivity index (χ1v) is 27.4. The monoisotopic (exact) mass is 1040 g/mol. The highest BCUT2D eigenvalue weighted by atomic mass is 16.5. The molecule has 2 aliphatic rings. The van der Waals surface area contributed by atoms with Gasteiger partial charge in [-0.3, -0.25) is 9.97 Å². The molecule has 18 rings (SSSR count). The number of pyridine rings is 2. The summed E-state index contributed by atoms with van der Waals surface area (Å²) in [5.41, 5.74) is 17.1. The normalized spacial score (nSPS) is 14.2. The van der Waals surface area contributed by atoms with Gasteiger partial charge in [0.2, 0.25) is 0 Å². The van der Waals surface area contributed by atoms with Crippen LogP contribution in [0.4, 0.5) is 0 Å². The molecule has 0 bridgehead atoms. The second-order valence-corrected chi connectivity index (χ2v) is 21.5. The van der Waals surface area contributed by atoms with Crippen molar-refractivity contribution in [1.29, 1.82) is 10.5 Å². The molecule has 9 nitrogen and oxygen atoms in total. The van der Waals surface area contributed by atoms with Crippen molar-refractivity contribution in [2.75, 3.05) is 0 Å². The average molecular weight is 1050 g/mol. The highest BCUT2D eigenvalue weighted by Gasteiger charge is 2.54. The Bertz CT molecular complexity index is 5520. The van der Waals surface area contributed by atoms with Crippen molar-refractivity contribution in [1.82, 2.24) is 28.2 Å². The minimum absolute atomic E-state index is 0.591. The number of ether oxygens (including phenoxy) is 1. The maximum Gasteiger partial charge on any atom is 0.156 e. The van der Waals surface area contributed by atoms with E-state index in [-0.39, 0.29) is 0 Å². The van der Waals surface area contributed by atoms with Crippen LogP contribution in [0.5, 0.6) is 11.5 Å². The molecule has 10 aromatic carbocycles. The lowest BCUT2D eigenvalue weighted by atomic mass is 9.66. The molecule has 0 fully saturated rings. The molecule has 0 radical (unpaired) electrons. The van der Waals surface area contributed by atoms with Gasteiger partial charge in [0.15, 0.2) is 11.5 Å². The molecule has 7 heterocycles. The predicted molar refractivity (Wildman–Crippen MR) is 326 cm³/mol. The summed E-state index contributed by atoms with van der Waals surface area (Å²) < 4.78 is 17.2. The van der Waals surface area contributed by atoms with E-state index in [9.17, 15) is 10.5 Å². The summed E-state index contributed by atoms with van der Waals surface area (Å²) in [6, 6.07) is 85.8. The molecule has 1 atom stereocenters. The van der Waals surface area contributed by atoms with Gasteiger partial charge in [-0.15, -0.1) is 0 Å². The number of aromatic nitrogens is 6. The third kappa shape index (κ3) is 5.67. The fraction of sp³-hybridized carbons (Fsp3) is 0.0137. The fourth-order valence-electron chi connectivity index (χ4n) is 14.3. The zero-order valence-corrected chi connectivity index (χ0v) is 43.6. The van der Waals surface area contributed by atoms with Crippen molar-refractivity contribution in [2.45, 2.75) is 5.41 Å². The maximum atomic E-state index is 10.2. The topological polar surface area (TPSA) is 102 Å². The van der Waals surface area contributed by atoms with Gasteiger partial charge in [0.1, 0.15) is 0 Å². The standard InChI is InChI=1S/C73H40N8O/c74-39-43-31-33-65-53(35-43)51-19-5-9-25-61(51)79(65)46-38-58-70(77-42-46)69-57(37-45(41-76-69)78-59-23-7-1-15-47(59)48-16-2-8-24-60(48)78)73(58)55-21-13-29-67(80-62-26-10-3-17-49(62)50-18-4-11-27-63(50)80)71(55)82-72-56(73)22-14-30-68(72)81-64-28-12-6-20-52(64)54-36-44(40-75)32-34-66(54)81/h1-38,41-42H. The summed E-state index contributed by atoms with van der Waals surface area (Å²) in [5, 5.41) is 29.0. The summed E-state index contributed by atoms with van der Waals surface area (Å²) in [7, 11) is 0. The predicted octanol–water partition coefficient (Wildman–Crippen LogP) is 17.1. The van der Waals surface area contributed by atoms with Crippen molar-refractivity contribution in [3.8, 4) is 57.8 Å². The summed E-state index contributed by atoms with van der Waals surface area (Å²) >= 11 is 0. The van der Waals surface area contributed by atoms with Gasteiger partial charge in [-0.05, 0) is 97.1 Å². The van der Waals surface area contributed by atoms with Gasteiger partial charge < -0.3 is 23.0 Å². The lowest BCUT2D eigenvalue weighted by Crippen LogP contribution is -2.33. The highest BCUT2D eigenvalue weighted by molar-refractivity contribution is 6.13. The van der Waals surface area contributed by atoms with Gasteiger partial charge in [0.25, 0.3) is 0 Å². The Hall–Kier alpha value is -11.5. The molecule has 1 spiro atoms. The third-order valence-corrected chi connectivity index (χ3v) is 17.5. The van der Waals surface area contributed by atoms with Crippen molar-refractivity contribution in [2.24, 2.45) is 0 Å². The first kappa shape index (κ1) is 44.5. The molecule has 1 aliphatic heterocycles. The fourth-order valence-corrected chi connectivity index (χ4v) is 14.3. The maximum absolute atomic E-state index is 10.2. The zero-order chi connectivity index (χ0) is 53.9. The van der Waals surface area contributed by atoms with Gasteiger partial charge >= 0.3 is 0 Å². The van der Waals surface area contributed by atoms with Crippen LogP contribution in [0.25, 0.3) is 121 Å². The van der Waals surface area contributed by atoms with E-state index < -0.39 is 5.41 Å². The minimum Gasteiger partial charge on any atom is -0.452 e.